The van der Waals surface area contributed by atoms with Crippen molar-refractivity contribution in [2.75, 3.05) is 13.2 Å². The molecule has 0 bridgehead atoms. The Hall–Kier alpha value is -3.67. The number of ether oxygens (including phenoxy) is 3. The van der Waals surface area contributed by atoms with Crippen molar-refractivity contribution in [1.82, 2.24) is 0 Å². The summed E-state index contributed by atoms with van der Waals surface area (Å²) in [6.45, 7) is 6.44. The van der Waals surface area contributed by atoms with E-state index in [1.165, 1.54) is 96.3 Å². The summed E-state index contributed by atoms with van der Waals surface area (Å²) >= 11 is 0. The largest absolute Gasteiger partial charge is 0.462 e. The first-order chi connectivity index (χ1) is 34.0. The van der Waals surface area contributed by atoms with Gasteiger partial charge in [-0.3, -0.25) is 14.4 Å². The Bertz CT molecular complexity index is 1380. The Kier molecular flexibility index (Phi) is 53.9. The molecule has 0 aromatic carbocycles. The molecule has 0 spiro atoms. The third kappa shape index (κ3) is 55.1. The number of hydrogen-bond donors (Lipinski definition) is 0. The van der Waals surface area contributed by atoms with Crippen LogP contribution in [0.5, 0.6) is 0 Å². The lowest BCUT2D eigenvalue weighted by Crippen LogP contribution is -2.30. The molecule has 0 fully saturated rings. The molecular weight excluding hydrogens is 853 g/mol. The van der Waals surface area contributed by atoms with Gasteiger partial charge in [0.25, 0.3) is 0 Å². The Labute approximate surface area is 426 Å². The maximum Gasteiger partial charge on any atom is 0.306 e. The van der Waals surface area contributed by atoms with Crippen molar-refractivity contribution < 1.29 is 28.6 Å². The molecule has 0 aliphatic heterocycles. The summed E-state index contributed by atoms with van der Waals surface area (Å²) in [6.07, 6.45) is 75.4. The first kappa shape index (κ1) is 65.3. The highest BCUT2D eigenvalue weighted by molar-refractivity contribution is 5.71. The van der Waals surface area contributed by atoms with E-state index in [-0.39, 0.29) is 31.1 Å². The monoisotopic (exact) mass is 959 g/mol. The van der Waals surface area contributed by atoms with Crippen LogP contribution in [0, 0.1) is 0 Å². The van der Waals surface area contributed by atoms with Crippen molar-refractivity contribution in [1.29, 1.82) is 0 Å². The van der Waals surface area contributed by atoms with Gasteiger partial charge in [-0.2, -0.15) is 0 Å². The highest BCUT2D eigenvalue weighted by atomic mass is 16.6. The fraction of sp³-hybridized carbons (Fsp3) is 0.698. The highest BCUT2D eigenvalue weighted by Crippen LogP contribution is 2.14. The van der Waals surface area contributed by atoms with Crippen LogP contribution in [0.1, 0.15) is 265 Å². The zero-order chi connectivity index (χ0) is 50.0. The van der Waals surface area contributed by atoms with Crippen LogP contribution in [0.15, 0.2) is 97.2 Å². The first-order valence-corrected chi connectivity index (χ1v) is 28.7. The first-order valence-electron chi connectivity index (χ1n) is 28.7. The van der Waals surface area contributed by atoms with Crippen molar-refractivity contribution in [2.24, 2.45) is 0 Å². The SMILES string of the molecule is CC/C=C\C/C=C\C/C=C\C/C=C\CCCCCCC(=O)OC(COC(=O)CCCCCCC/C=C\CCCC)COC(=O)CCCCCCCCCC/C=C\C/C=C\C/C=C\CCCCCCC. The molecule has 0 radical (unpaired) electrons. The molecule has 0 aliphatic carbocycles. The smallest absolute Gasteiger partial charge is 0.306 e. The fourth-order valence-electron chi connectivity index (χ4n) is 7.71. The van der Waals surface area contributed by atoms with E-state index in [1.54, 1.807) is 0 Å². The Morgan fingerprint density at radius 2 is 0.580 bits per heavy atom. The zero-order valence-corrected chi connectivity index (χ0v) is 45.0. The van der Waals surface area contributed by atoms with Crippen LogP contribution in [0.4, 0.5) is 0 Å². The molecule has 0 amide bonds. The van der Waals surface area contributed by atoms with E-state index in [1.807, 2.05) is 0 Å². The van der Waals surface area contributed by atoms with Crippen LogP contribution in [0.25, 0.3) is 0 Å². The predicted octanol–water partition coefficient (Wildman–Crippen LogP) is 19.3. The van der Waals surface area contributed by atoms with E-state index in [0.29, 0.717) is 19.3 Å². The number of esters is 3. The fourth-order valence-corrected chi connectivity index (χ4v) is 7.71. The third-order valence-electron chi connectivity index (χ3n) is 12.0. The molecule has 0 N–H and O–H groups in total. The Morgan fingerprint density at radius 1 is 0.304 bits per heavy atom. The van der Waals surface area contributed by atoms with Gasteiger partial charge >= 0.3 is 17.9 Å². The minimum atomic E-state index is -0.798. The average molecular weight is 960 g/mol. The third-order valence-corrected chi connectivity index (χ3v) is 12.0. The molecule has 394 valence electrons. The van der Waals surface area contributed by atoms with Gasteiger partial charge in [-0.15, -0.1) is 0 Å². The summed E-state index contributed by atoms with van der Waals surface area (Å²) in [6, 6.07) is 0. The number of allylic oxidation sites excluding steroid dienone is 16. The average Bonchev–Trinajstić information content (AvgIpc) is 3.35. The lowest BCUT2D eigenvalue weighted by atomic mass is 10.1. The molecule has 1 atom stereocenters. The lowest BCUT2D eigenvalue weighted by Gasteiger charge is -2.18. The van der Waals surface area contributed by atoms with E-state index < -0.39 is 6.10 Å². The number of unbranched alkanes of at least 4 members (excludes halogenated alkanes) is 24. The van der Waals surface area contributed by atoms with Gasteiger partial charge in [0.2, 0.25) is 0 Å². The quantitative estimate of drug-likeness (QED) is 0.0262. The van der Waals surface area contributed by atoms with Crippen LogP contribution in [0.3, 0.4) is 0 Å². The summed E-state index contributed by atoms with van der Waals surface area (Å²) in [7, 11) is 0. The molecule has 0 aromatic rings. The van der Waals surface area contributed by atoms with Crippen LogP contribution in [-0.2, 0) is 28.6 Å². The highest BCUT2D eigenvalue weighted by Gasteiger charge is 2.19. The second-order valence-corrected chi connectivity index (χ2v) is 18.8. The Morgan fingerprint density at radius 3 is 0.942 bits per heavy atom. The van der Waals surface area contributed by atoms with Crippen LogP contribution in [-0.4, -0.2) is 37.2 Å². The molecule has 0 heterocycles. The summed E-state index contributed by atoms with van der Waals surface area (Å²) in [5.74, 6) is -0.934. The number of carbonyl (C=O) groups is 3. The molecule has 0 aromatic heterocycles. The minimum absolute atomic E-state index is 0.0948. The van der Waals surface area contributed by atoms with Gasteiger partial charge in [-0.25, -0.2) is 0 Å². The van der Waals surface area contributed by atoms with Crippen LogP contribution in [0.2, 0.25) is 0 Å². The maximum absolute atomic E-state index is 12.8. The lowest BCUT2D eigenvalue weighted by molar-refractivity contribution is -0.167. The molecular formula is C63H106O6. The normalized spacial score (nSPS) is 12.8. The second kappa shape index (κ2) is 56.9. The van der Waals surface area contributed by atoms with Crippen molar-refractivity contribution in [2.45, 2.75) is 271 Å². The van der Waals surface area contributed by atoms with Gasteiger partial charge in [0.15, 0.2) is 6.10 Å². The Balaban J connectivity index is 4.37. The van der Waals surface area contributed by atoms with Crippen LogP contribution >= 0.6 is 0 Å². The van der Waals surface area contributed by atoms with Crippen molar-refractivity contribution in [3.8, 4) is 0 Å². The van der Waals surface area contributed by atoms with Crippen molar-refractivity contribution in [3.05, 3.63) is 97.2 Å². The molecule has 0 saturated carbocycles. The molecule has 69 heavy (non-hydrogen) atoms. The number of rotatable bonds is 51. The van der Waals surface area contributed by atoms with Gasteiger partial charge < -0.3 is 14.2 Å². The zero-order valence-electron chi connectivity index (χ0n) is 45.0. The summed E-state index contributed by atoms with van der Waals surface area (Å²) in [5, 5.41) is 0. The van der Waals surface area contributed by atoms with Gasteiger partial charge in [0.1, 0.15) is 13.2 Å². The molecule has 0 rings (SSSR count). The summed E-state index contributed by atoms with van der Waals surface area (Å²) < 4.78 is 16.8. The standard InChI is InChI=1S/C63H106O6/c1-4-7-10-13-16-19-22-24-26-28-29-30-31-32-33-35-36-38-41-44-47-50-53-56-62(65)68-59-60(58-67-61(64)55-52-49-46-43-40-21-18-15-12-9-6-3)69-63(66)57-54-51-48-45-42-39-37-34-27-25-23-20-17-14-11-8-5-2/h8,11,15,17-18,20,22,24-25,27-29,31-32,37,39,60H,4-7,9-10,12-14,16,19,21,23,26,30,33-36,38,40-59H2,1-3H3/b11-8-,18-15-,20-17-,24-22-,27-25-,29-28-,32-31-,39-37-. The maximum atomic E-state index is 12.8. The van der Waals surface area contributed by atoms with E-state index >= 15 is 0 Å². The minimum Gasteiger partial charge on any atom is -0.462 e. The molecule has 1 unspecified atom stereocenters. The number of carbonyl (C=O) groups excluding carboxylic acids is 3. The number of hydrogen-bond acceptors (Lipinski definition) is 6. The van der Waals surface area contributed by atoms with E-state index in [4.69, 9.17) is 14.2 Å². The van der Waals surface area contributed by atoms with E-state index in [0.717, 1.165) is 128 Å². The van der Waals surface area contributed by atoms with Gasteiger partial charge in [-0.05, 0) is 116 Å². The summed E-state index contributed by atoms with van der Waals surface area (Å²) in [4.78, 5) is 38.1. The predicted molar refractivity (Wildman–Crippen MR) is 297 cm³/mol. The second-order valence-electron chi connectivity index (χ2n) is 18.8. The molecule has 6 nitrogen and oxygen atoms in total. The van der Waals surface area contributed by atoms with Crippen molar-refractivity contribution >= 4 is 17.9 Å². The van der Waals surface area contributed by atoms with Crippen LogP contribution < -0.4 is 0 Å². The summed E-state index contributed by atoms with van der Waals surface area (Å²) in [5.41, 5.74) is 0. The van der Waals surface area contributed by atoms with Crippen molar-refractivity contribution in [3.63, 3.8) is 0 Å². The van der Waals surface area contributed by atoms with E-state index in [2.05, 4.69) is 118 Å². The van der Waals surface area contributed by atoms with Gasteiger partial charge in [0.05, 0.1) is 0 Å². The topological polar surface area (TPSA) is 78.9 Å². The molecule has 0 saturated heterocycles. The molecule has 6 heteroatoms. The van der Waals surface area contributed by atoms with E-state index in [9.17, 15) is 14.4 Å². The molecule has 0 aliphatic rings. The van der Waals surface area contributed by atoms with Gasteiger partial charge in [-0.1, -0.05) is 227 Å². The van der Waals surface area contributed by atoms with Gasteiger partial charge in [0, 0.05) is 19.3 Å².